The SMILES string of the molecule is CC(C)Nc1nc(-c2cc3c(n(C)c2=O)CCCC3)cs1. The first kappa shape index (κ1) is 14.3. The van der Waals surface area contributed by atoms with Crippen molar-refractivity contribution >= 4 is 16.5 Å². The zero-order chi connectivity index (χ0) is 15.0. The Morgan fingerprint density at radius 3 is 2.86 bits per heavy atom. The van der Waals surface area contributed by atoms with Crippen LogP contribution in [0.2, 0.25) is 0 Å². The molecule has 21 heavy (non-hydrogen) atoms. The molecular weight excluding hydrogens is 282 g/mol. The highest BCUT2D eigenvalue weighted by Crippen LogP contribution is 2.27. The summed E-state index contributed by atoms with van der Waals surface area (Å²) in [7, 11) is 1.88. The van der Waals surface area contributed by atoms with E-state index in [0.29, 0.717) is 6.04 Å². The van der Waals surface area contributed by atoms with Crippen molar-refractivity contribution in [2.45, 2.75) is 45.6 Å². The Kier molecular flexibility index (Phi) is 3.85. The molecule has 4 nitrogen and oxygen atoms in total. The number of rotatable bonds is 3. The lowest BCUT2D eigenvalue weighted by molar-refractivity contribution is 0.624. The molecule has 0 unspecified atom stereocenters. The van der Waals surface area contributed by atoms with Crippen LogP contribution in [-0.4, -0.2) is 15.6 Å². The molecule has 0 saturated carbocycles. The average molecular weight is 303 g/mol. The third kappa shape index (κ3) is 2.75. The van der Waals surface area contributed by atoms with Crippen molar-refractivity contribution in [2.75, 3.05) is 5.32 Å². The second-order valence-corrected chi connectivity index (χ2v) is 6.80. The fourth-order valence-corrected chi connectivity index (χ4v) is 3.74. The highest BCUT2D eigenvalue weighted by atomic mass is 32.1. The zero-order valence-corrected chi connectivity index (χ0v) is 13.6. The molecule has 3 rings (SSSR count). The second-order valence-electron chi connectivity index (χ2n) is 5.94. The van der Waals surface area contributed by atoms with E-state index in [0.717, 1.165) is 29.2 Å². The van der Waals surface area contributed by atoms with Crippen LogP contribution in [0.1, 0.15) is 37.9 Å². The summed E-state index contributed by atoms with van der Waals surface area (Å²) in [6.07, 6.45) is 4.47. The van der Waals surface area contributed by atoms with E-state index < -0.39 is 0 Å². The van der Waals surface area contributed by atoms with Gasteiger partial charge in [0.2, 0.25) is 0 Å². The van der Waals surface area contributed by atoms with E-state index in [1.807, 2.05) is 17.0 Å². The second kappa shape index (κ2) is 5.64. The predicted octanol–water partition coefficient (Wildman–Crippen LogP) is 3.21. The van der Waals surface area contributed by atoms with Crippen molar-refractivity contribution in [3.8, 4) is 11.3 Å². The van der Waals surface area contributed by atoms with Crippen LogP contribution in [0.15, 0.2) is 16.2 Å². The largest absolute Gasteiger partial charge is 0.359 e. The van der Waals surface area contributed by atoms with Crippen molar-refractivity contribution < 1.29 is 0 Å². The molecule has 1 aliphatic rings. The van der Waals surface area contributed by atoms with Crippen LogP contribution in [0.5, 0.6) is 0 Å². The first-order chi connectivity index (χ1) is 10.1. The molecule has 0 amide bonds. The summed E-state index contributed by atoms with van der Waals surface area (Å²) in [4.78, 5) is 17.1. The molecular formula is C16H21N3OS. The minimum atomic E-state index is 0.0667. The van der Waals surface area contributed by atoms with Gasteiger partial charge in [-0.05, 0) is 51.2 Å². The van der Waals surface area contributed by atoms with Crippen molar-refractivity contribution in [1.29, 1.82) is 0 Å². The maximum absolute atomic E-state index is 12.6. The smallest absolute Gasteiger partial charge is 0.259 e. The number of thiazole rings is 1. The van der Waals surface area contributed by atoms with E-state index in [1.54, 1.807) is 11.3 Å². The van der Waals surface area contributed by atoms with Gasteiger partial charge in [0.1, 0.15) is 0 Å². The lowest BCUT2D eigenvalue weighted by atomic mass is 9.94. The standard InChI is InChI=1S/C16H21N3OS/c1-10(2)17-16-18-13(9-21-16)12-8-11-6-4-5-7-14(11)19(3)15(12)20/h8-10H,4-7H2,1-3H3,(H,17,18). The van der Waals surface area contributed by atoms with Gasteiger partial charge in [-0.25, -0.2) is 4.98 Å². The third-order valence-corrected chi connectivity index (χ3v) is 4.70. The first-order valence-electron chi connectivity index (χ1n) is 7.50. The highest BCUT2D eigenvalue weighted by Gasteiger charge is 2.18. The van der Waals surface area contributed by atoms with E-state index in [2.05, 4.69) is 30.2 Å². The molecule has 0 bridgehead atoms. The third-order valence-electron chi connectivity index (χ3n) is 3.93. The van der Waals surface area contributed by atoms with Gasteiger partial charge < -0.3 is 9.88 Å². The molecule has 0 fully saturated rings. The molecule has 2 aromatic rings. The molecule has 0 aromatic carbocycles. The summed E-state index contributed by atoms with van der Waals surface area (Å²) in [6, 6.07) is 2.40. The van der Waals surface area contributed by atoms with E-state index in [1.165, 1.54) is 24.1 Å². The van der Waals surface area contributed by atoms with Crippen LogP contribution in [0.4, 0.5) is 5.13 Å². The van der Waals surface area contributed by atoms with Crippen LogP contribution in [0.25, 0.3) is 11.3 Å². The number of pyridine rings is 1. The Hall–Kier alpha value is -1.62. The molecule has 1 aliphatic carbocycles. The van der Waals surface area contributed by atoms with Gasteiger partial charge in [0.25, 0.3) is 5.56 Å². The van der Waals surface area contributed by atoms with Gasteiger partial charge >= 0.3 is 0 Å². The maximum atomic E-state index is 12.6. The van der Waals surface area contributed by atoms with Crippen molar-refractivity contribution in [3.05, 3.63) is 33.1 Å². The number of aromatic nitrogens is 2. The monoisotopic (exact) mass is 303 g/mol. The molecule has 112 valence electrons. The van der Waals surface area contributed by atoms with Gasteiger partial charge in [0, 0.05) is 24.2 Å². The van der Waals surface area contributed by atoms with Gasteiger partial charge in [-0.15, -0.1) is 11.3 Å². The normalized spacial score (nSPS) is 14.3. The van der Waals surface area contributed by atoms with Gasteiger partial charge in [-0.1, -0.05) is 0 Å². The summed E-state index contributed by atoms with van der Waals surface area (Å²) >= 11 is 1.55. The minimum Gasteiger partial charge on any atom is -0.359 e. The number of aryl methyl sites for hydroxylation is 1. The van der Waals surface area contributed by atoms with Crippen LogP contribution in [0.3, 0.4) is 0 Å². The Labute approximate surface area is 128 Å². The molecule has 0 aliphatic heterocycles. The maximum Gasteiger partial charge on any atom is 0.259 e. The van der Waals surface area contributed by atoms with Crippen molar-refractivity contribution in [3.63, 3.8) is 0 Å². The number of hydrogen-bond donors (Lipinski definition) is 1. The highest BCUT2D eigenvalue weighted by molar-refractivity contribution is 7.14. The number of hydrogen-bond acceptors (Lipinski definition) is 4. The van der Waals surface area contributed by atoms with Gasteiger partial charge in [-0.3, -0.25) is 4.79 Å². The first-order valence-corrected chi connectivity index (χ1v) is 8.38. The van der Waals surface area contributed by atoms with E-state index >= 15 is 0 Å². The molecule has 2 heterocycles. The predicted molar refractivity (Wildman–Crippen MR) is 88.2 cm³/mol. The van der Waals surface area contributed by atoms with Crippen LogP contribution >= 0.6 is 11.3 Å². The molecule has 0 saturated heterocycles. The molecule has 0 atom stereocenters. The fourth-order valence-electron chi connectivity index (χ4n) is 2.88. The number of nitrogens with one attached hydrogen (secondary N) is 1. The van der Waals surface area contributed by atoms with Crippen LogP contribution in [0, 0.1) is 0 Å². The van der Waals surface area contributed by atoms with Gasteiger partial charge in [0.05, 0.1) is 11.3 Å². The average Bonchev–Trinajstić information content (AvgIpc) is 2.90. The Bertz CT molecular complexity index is 715. The minimum absolute atomic E-state index is 0.0667. The summed E-state index contributed by atoms with van der Waals surface area (Å²) in [5.41, 5.74) is 4.09. The Balaban J connectivity index is 2.04. The van der Waals surface area contributed by atoms with Gasteiger partial charge in [-0.2, -0.15) is 0 Å². The Morgan fingerprint density at radius 2 is 2.10 bits per heavy atom. The lowest BCUT2D eigenvalue weighted by Gasteiger charge is -2.19. The summed E-state index contributed by atoms with van der Waals surface area (Å²) in [6.45, 7) is 4.16. The molecule has 1 N–H and O–H groups in total. The zero-order valence-electron chi connectivity index (χ0n) is 12.8. The molecule has 5 heteroatoms. The van der Waals surface area contributed by atoms with Crippen LogP contribution in [-0.2, 0) is 19.9 Å². The number of anilines is 1. The topological polar surface area (TPSA) is 46.9 Å². The lowest BCUT2D eigenvalue weighted by Crippen LogP contribution is -2.25. The van der Waals surface area contributed by atoms with E-state index in [4.69, 9.17) is 0 Å². The van der Waals surface area contributed by atoms with Crippen molar-refractivity contribution in [1.82, 2.24) is 9.55 Å². The fraction of sp³-hybridized carbons (Fsp3) is 0.500. The quantitative estimate of drug-likeness (QED) is 0.947. The number of fused-ring (bicyclic) bond motifs is 1. The van der Waals surface area contributed by atoms with Crippen LogP contribution < -0.4 is 10.9 Å². The molecule has 0 spiro atoms. The molecule has 0 radical (unpaired) electrons. The van der Waals surface area contributed by atoms with E-state index in [9.17, 15) is 4.79 Å². The van der Waals surface area contributed by atoms with Crippen molar-refractivity contribution in [2.24, 2.45) is 7.05 Å². The number of nitrogens with zero attached hydrogens (tertiary/aromatic N) is 2. The summed E-state index contributed by atoms with van der Waals surface area (Å²) in [5.74, 6) is 0. The Morgan fingerprint density at radius 1 is 1.33 bits per heavy atom. The molecule has 2 aromatic heterocycles. The summed E-state index contributed by atoms with van der Waals surface area (Å²) in [5, 5.41) is 6.13. The summed E-state index contributed by atoms with van der Waals surface area (Å²) < 4.78 is 1.82. The van der Waals surface area contributed by atoms with Gasteiger partial charge in [0.15, 0.2) is 5.13 Å². The van der Waals surface area contributed by atoms with E-state index in [-0.39, 0.29) is 5.56 Å².